The summed E-state index contributed by atoms with van der Waals surface area (Å²) < 4.78 is 60.2. The van der Waals surface area contributed by atoms with Crippen molar-refractivity contribution in [2.24, 2.45) is 0 Å². The largest absolute Gasteiger partial charge is 0.477 e. The van der Waals surface area contributed by atoms with Crippen molar-refractivity contribution in [3.8, 4) is 11.1 Å². The lowest BCUT2D eigenvalue weighted by molar-refractivity contribution is 0.0693. The van der Waals surface area contributed by atoms with Gasteiger partial charge in [-0.1, -0.05) is 6.92 Å². The molecule has 1 N–H and O–H groups in total. The highest BCUT2D eigenvalue weighted by Crippen LogP contribution is 2.33. The number of aryl methyl sites for hydroxylation is 2. The van der Waals surface area contributed by atoms with E-state index < -0.39 is 61.4 Å². The van der Waals surface area contributed by atoms with Crippen molar-refractivity contribution in [1.29, 1.82) is 0 Å². The number of pyridine rings is 2. The molecule has 2 aromatic heterocycles. The number of fused-ring (bicyclic) bond motifs is 1. The van der Waals surface area contributed by atoms with Crippen LogP contribution >= 0.6 is 0 Å². The van der Waals surface area contributed by atoms with Crippen LogP contribution in [0, 0.1) is 25.5 Å². The van der Waals surface area contributed by atoms with E-state index in [2.05, 4.69) is 4.98 Å². The molecule has 1 atom stereocenters. The highest BCUT2D eigenvalue weighted by molar-refractivity contribution is 7.85. The average molecular weight is 466 g/mol. The highest BCUT2D eigenvalue weighted by Gasteiger charge is 2.27. The zero-order chi connectivity index (χ0) is 24.0. The Morgan fingerprint density at radius 2 is 1.81 bits per heavy atom. The molecule has 0 aliphatic rings. The molecule has 0 fully saturated rings. The van der Waals surface area contributed by atoms with Gasteiger partial charge in [-0.05, 0) is 44.0 Å². The molecule has 0 saturated carbocycles. The number of aromatic carboxylic acids is 1. The van der Waals surface area contributed by atoms with Crippen molar-refractivity contribution in [3.05, 3.63) is 63.2 Å². The van der Waals surface area contributed by atoms with Crippen LogP contribution in [-0.2, 0) is 14.3 Å². The standard InChI is InChI=1S/C21H20F2N2O6S/c1-5-16(31-32(4,29)30)25-9-14(21(27)28)20(26)13-8-15(22)17(18(23)19(13)25)12-6-10(2)24-11(3)7-12/h6-9,16H,5H2,1-4H3,(H,27,28). The smallest absolute Gasteiger partial charge is 0.341 e. The molecule has 170 valence electrons. The molecule has 3 aromatic rings. The van der Waals surface area contributed by atoms with Gasteiger partial charge in [0.05, 0.1) is 22.7 Å². The highest BCUT2D eigenvalue weighted by atomic mass is 32.2. The molecule has 0 aliphatic carbocycles. The maximum absolute atomic E-state index is 15.8. The molecule has 8 nitrogen and oxygen atoms in total. The summed E-state index contributed by atoms with van der Waals surface area (Å²) in [6, 6.07) is 3.66. The van der Waals surface area contributed by atoms with Gasteiger partial charge in [0.15, 0.2) is 12.0 Å². The molecule has 0 spiro atoms. The van der Waals surface area contributed by atoms with Gasteiger partial charge in [0, 0.05) is 17.6 Å². The van der Waals surface area contributed by atoms with E-state index in [1.165, 1.54) is 19.1 Å². The Hall–Kier alpha value is -3.18. The first-order chi connectivity index (χ1) is 14.8. The van der Waals surface area contributed by atoms with E-state index in [-0.39, 0.29) is 12.0 Å². The minimum Gasteiger partial charge on any atom is -0.477 e. The van der Waals surface area contributed by atoms with Gasteiger partial charge in [-0.3, -0.25) is 9.78 Å². The van der Waals surface area contributed by atoms with E-state index in [4.69, 9.17) is 4.18 Å². The first kappa shape index (κ1) is 23.5. The van der Waals surface area contributed by atoms with Crippen LogP contribution in [0.25, 0.3) is 22.0 Å². The van der Waals surface area contributed by atoms with Gasteiger partial charge < -0.3 is 9.67 Å². The van der Waals surface area contributed by atoms with Crippen LogP contribution in [0.4, 0.5) is 8.78 Å². The summed E-state index contributed by atoms with van der Waals surface area (Å²) >= 11 is 0. The van der Waals surface area contributed by atoms with Crippen molar-refractivity contribution >= 4 is 27.0 Å². The molecule has 0 amide bonds. The molecular formula is C21H20F2N2O6S. The fourth-order valence-electron chi connectivity index (χ4n) is 3.58. The zero-order valence-electron chi connectivity index (χ0n) is 17.6. The Morgan fingerprint density at radius 1 is 1.22 bits per heavy atom. The molecule has 11 heteroatoms. The van der Waals surface area contributed by atoms with Crippen molar-refractivity contribution < 1.29 is 31.3 Å². The van der Waals surface area contributed by atoms with Crippen LogP contribution < -0.4 is 5.43 Å². The van der Waals surface area contributed by atoms with E-state index in [0.717, 1.165) is 23.1 Å². The average Bonchev–Trinajstić information content (AvgIpc) is 2.65. The predicted octanol–water partition coefficient (Wildman–Crippen LogP) is 3.54. The first-order valence-corrected chi connectivity index (χ1v) is 11.3. The number of nitrogens with zero attached hydrogens (tertiary/aromatic N) is 2. The topological polar surface area (TPSA) is 116 Å². The normalized spacial score (nSPS) is 12.8. The number of hydrogen-bond donors (Lipinski definition) is 1. The van der Waals surface area contributed by atoms with Crippen LogP contribution in [0.3, 0.4) is 0 Å². The van der Waals surface area contributed by atoms with Gasteiger partial charge in [-0.25, -0.2) is 17.8 Å². The first-order valence-electron chi connectivity index (χ1n) is 9.48. The summed E-state index contributed by atoms with van der Waals surface area (Å²) in [5.74, 6) is -3.87. The second-order valence-corrected chi connectivity index (χ2v) is 8.93. The third-order valence-electron chi connectivity index (χ3n) is 4.75. The number of hydrogen-bond acceptors (Lipinski definition) is 6. The molecule has 3 rings (SSSR count). The third-order valence-corrected chi connectivity index (χ3v) is 5.33. The van der Waals surface area contributed by atoms with Crippen molar-refractivity contribution in [3.63, 3.8) is 0 Å². The SMILES string of the molecule is CCC(OS(C)(=O)=O)n1cc(C(=O)O)c(=O)c2cc(F)c(-c3cc(C)nc(C)c3)c(F)c21. The second-order valence-electron chi connectivity index (χ2n) is 7.33. The van der Waals surface area contributed by atoms with Crippen LogP contribution in [0.2, 0.25) is 0 Å². The molecular weight excluding hydrogens is 446 g/mol. The minimum absolute atomic E-state index is 0.0241. The number of aromatic nitrogens is 2. The number of rotatable bonds is 6. The van der Waals surface area contributed by atoms with Gasteiger partial charge >= 0.3 is 5.97 Å². The van der Waals surface area contributed by atoms with Gasteiger partial charge in [-0.2, -0.15) is 8.42 Å². The third kappa shape index (κ3) is 4.39. The maximum Gasteiger partial charge on any atom is 0.341 e. The monoisotopic (exact) mass is 466 g/mol. The number of halogens is 2. The molecule has 2 heterocycles. The Balaban J connectivity index is 2.50. The maximum atomic E-state index is 15.8. The zero-order valence-corrected chi connectivity index (χ0v) is 18.5. The quantitative estimate of drug-likeness (QED) is 0.553. The Bertz CT molecular complexity index is 1400. The lowest BCUT2D eigenvalue weighted by Gasteiger charge is -2.22. The van der Waals surface area contributed by atoms with Crippen LogP contribution in [0.5, 0.6) is 0 Å². The van der Waals surface area contributed by atoms with Gasteiger partial charge in [0.2, 0.25) is 5.43 Å². The van der Waals surface area contributed by atoms with E-state index in [0.29, 0.717) is 11.4 Å². The van der Waals surface area contributed by atoms with Gasteiger partial charge in [0.1, 0.15) is 11.4 Å². The van der Waals surface area contributed by atoms with E-state index >= 15 is 8.78 Å². The molecule has 0 aliphatic heterocycles. The summed E-state index contributed by atoms with van der Waals surface area (Å²) in [6.07, 6.45) is 0.187. The van der Waals surface area contributed by atoms with Crippen molar-refractivity contribution in [2.75, 3.05) is 6.26 Å². The van der Waals surface area contributed by atoms with E-state index in [9.17, 15) is 23.1 Å². The Labute approximate surface area is 182 Å². The molecule has 32 heavy (non-hydrogen) atoms. The number of carboxylic acids is 1. The fraction of sp³-hybridized carbons (Fsp3) is 0.286. The fourth-order valence-corrected chi connectivity index (χ4v) is 4.21. The minimum atomic E-state index is -4.04. The molecule has 0 radical (unpaired) electrons. The van der Waals surface area contributed by atoms with Crippen LogP contribution in [-0.4, -0.2) is 35.3 Å². The molecule has 0 bridgehead atoms. The lowest BCUT2D eigenvalue weighted by Crippen LogP contribution is -2.24. The summed E-state index contributed by atoms with van der Waals surface area (Å²) in [5.41, 5.74) is -1.66. The van der Waals surface area contributed by atoms with Crippen LogP contribution in [0.15, 0.2) is 29.2 Å². The number of carboxylic acid groups (broad SMARTS) is 1. The van der Waals surface area contributed by atoms with Crippen molar-refractivity contribution in [2.45, 2.75) is 33.4 Å². The number of benzene rings is 1. The second kappa shape index (κ2) is 8.40. The molecule has 1 aromatic carbocycles. The van der Waals surface area contributed by atoms with Gasteiger partial charge in [-0.15, -0.1) is 0 Å². The van der Waals surface area contributed by atoms with Crippen molar-refractivity contribution in [1.82, 2.24) is 9.55 Å². The van der Waals surface area contributed by atoms with Gasteiger partial charge in [0.25, 0.3) is 10.1 Å². The van der Waals surface area contributed by atoms with Crippen LogP contribution in [0.1, 0.15) is 41.3 Å². The molecule has 0 saturated heterocycles. The lowest BCUT2D eigenvalue weighted by atomic mass is 10.00. The summed E-state index contributed by atoms with van der Waals surface area (Å²) in [5, 5.41) is 8.85. The van der Waals surface area contributed by atoms with E-state index in [1.807, 2.05) is 0 Å². The summed E-state index contributed by atoms with van der Waals surface area (Å²) in [7, 11) is -4.04. The Kier molecular flexibility index (Phi) is 6.16. The number of carbonyl (C=O) groups is 1. The summed E-state index contributed by atoms with van der Waals surface area (Å²) in [4.78, 5) is 28.4. The Morgan fingerprint density at radius 3 is 2.31 bits per heavy atom. The van der Waals surface area contributed by atoms with E-state index in [1.54, 1.807) is 13.8 Å². The summed E-state index contributed by atoms with van der Waals surface area (Å²) in [6.45, 7) is 4.82. The predicted molar refractivity (Wildman–Crippen MR) is 113 cm³/mol. The molecule has 1 unspecified atom stereocenters.